The Labute approximate surface area is 145 Å². The van der Waals surface area contributed by atoms with Crippen molar-refractivity contribution in [2.24, 2.45) is 0 Å². The van der Waals surface area contributed by atoms with Gasteiger partial charge in [-0.2, -0.15) is 8.78 Å². The Hall–Kier alpha value is -1.74. The summed E-state index contributed by atoms with van der Waals surface area (Å²) in [6.45, 7) is 0.0772. The topological polar surface area (TPSA) is 95.5 Å². The van der Waals surface area contributed by atoms with Gasteiger partial charge >= 0.3 is 11.8 Å². The molecule has 6 nitrogen and oxygen atoms in total. The molecule has 0 aromatic heterocycles. The molecule has 0 heterocycles. The maximum Gasteiger partial charge on any atom is 0.341 e. The van der Waals surface area contributed by atoms with Crippen LogP contribution in [-0.4, -0.2) is 37.5 Å². The zero-order chi connectivity index (χ0) is 18.5. The number of halogens is 2. The average Bonchev–Trinajstić information content (AvgIpc) is 2.78. The molecule has 0 aliphatic heterocycles. The molecule has 0 radical (unpaired) electrons. The number of hydrogen-bond acceptors (Lipinski definition) is 4. The minimum Gasteiger partial charge on any atom is -0.388 e. The highest BCUT2D eigenvalue weighted by Gasteiger charge is 2.29. The summed E-state index contributed by atoms with van der Waals surface area (Å²) in [5, 5.41) is 15.4. The van der Waals surface area contributed by atoms with Crippen LogP contribution >= 0.6 is 0 Å². The summed E-state index contributed by atoms with van der Waals surface area (Å²) in [7, 11) is -4.72. The quantitative estimate of drug-likeness (QED) is 0.689. The van der Waals surface area contributed by atoms with Gasteiger partial charge in [-0.1, -0.05) is 31.7 Å². The second-order valence-electron chi connectivity index (χ2n) is 6.28. The summed E-state index contributed by atoms with van der Waals surface area (Å²) in [6, 6.07) is 4.04. The highest BCUT2D eigenvalue weighted by Crippen LogP contribution is 2.26. The van der Waals surface area contributed by atoms with Crippen molar-refractivity contribution in [3.8, 4) is 0 Å². The van der Waals surface area contributed by atoms with Crippen LogP contribution < -0.4 is 10.6 Å². The van der Waals surface area contributed by atoms with Crippen LogP contribution in [0.2, 0.25) is 0 Å². The van der Waals surface area contributed by atoms with E-state index in [0.717, 1.165) is 37.8 Å². The molecule has 0 saturated heterocycles. The van der Waals surface area contributed by atoms with Crippen molar-refractivity contribution < 1.29 is 27.1 Å². The monoisotopic (exact) mass is 376 g/mol. The normalized spacial score (nSPS) is 17.8. The van der Waals surface area contributed by atoms with E-state index >= 15 is 0 Å². The van der Waals surface area contributed by atoms with Crippen molar-refractivity contribution in [3.05, 3.63) is 24.3 Å². The van der Waals surface area contributed by atoms with E-state index in [4.69, 9.17) is 0 Å². The van der Waals surface area contributed by atoms with Crippen LogP contribution in [0.4, 0.5) is 19.3 Å². The number of carbonyl (C=O) groups is 1. The van der Waals surface area contributed by atoms with Gasteiger partial charge in [0, 0.05) is 12.2 Å². The zero-order valence-corrected chi connectivity index (χ0v) is 14.5. The number of benzene rings is 1. The molecule has 1 aromatic carbocycles. The molecule has 9 heteroatoms. The third kappa shape index (κ3) is 5.37. The maximum absolute atomic E-state index is 12.6. The van der Waals surface area contributed by atoms with E-state index in [2.05, 4.69) is 10.6 Å². The lowest BCUT2D eigenvalue weighted by Crippen LogP contribution is -2.44. The summed E-state index contributed by atoms with van der Waals surface area (Å²) < 4.78 is 48.1. The lowest BCUT2D eigenvalue weighted by Gasteiger charge is -2.26. The largest absolute Gasteiger partial charge is 0.388 e. The predicted octanol–water partition coefficient (Wildman–Crippen LogP) is 2.89. The van der Waals surface area contributed by atoms with Gasteiger partial charge in [0.15, 0.2) is 0 Å². The van der Waals surface area contributed by atoms with Gasteiger partial charge in [0.25, 0.3) is 0 Å². The minimum atomic E-state index is -4.72. The number of rotatable bonds is 5. The average molecular weight is 376 g/mol. The standard InChI is InChI=1S/C16H22F2N2O4S/c17-14(18)25(23,24)13-7-5-6-12(10-13)20-15(21)19-11-16(22)8-3-1-2-4-9-16/h5-7,10,14,22H,1-4,8-9,11H2,(H2,19,20,21). The fourth-order valence-electron chi connectivity index (χ4n) is 2.84. The highest BCUT2D eigenvalue weighted by molar-refractivity contribution is 7.91. The third-order valence-corrected chi connectivity index (χ3v) is 5.65. The fraction of sp³-hybridized carbons (Fsp3) is 0.562. The van der Waals surface area contributed by atoms with Gasteiger partial charge in [-0.05, 0) is 31.0 Å². The van der Waals surface area contributed by atoms with Gasteiger partial charge in [0.2, 0.25) is 9.84 Å². The van der Waals surface area contributed by atoms with Gasteiger partial charge in [-0.3, -0.25) is 0 Å². The lowest BCUT2D eigenvalue weighted by molar-refractivity contribution is 0.0281. The van der Waals surface area contributed by atoms with Crippen LogP contribution in [0.1, 0.15) is 38.5 Å². The van der Waals surface area contributed by atoms with Gasteiger partial charge in [-0.25, -0.2) is 13.2 Å². The Morgan fingerprint density at radius 2 is 1.84 bits per heavy atom. The van der Waals surface area contributed by atoms with E-state index in [1.807, 2.05) is 0 Å². The predicted molar refractivity (Wildman–Crippen MR) is 89.3 cm³/mol. The summed E-state index contributed by atoms with van der Waals surface area (Å²) in [5.41, 5.74) is -0.874. The molecule has 0 bridgehead atoms. The van der Waals surface area contributed by atoms with Crippen LogP contribution in [0.15, 0.2) is 29.2 Å². The SMILES string of the molecule is O=C(NCC1(O)CCCCCC1)Nc1cccc(S(=O)(=O)C(F)F)c1. The van der Waals surface area contributed by atoms with E-state index < -0.39 is 32.1 Å². The molecular weight excluding hydrogens is 354 g/mol. The number of alkyl halides is 2. The minimum absolute atomic E-state index is 0.0760. The molecule has 0 atom stereocenters. The van der Waals surface area contributed by atoms with Crippen molar-refractivity contribution in [3.63, 3.8) is 0 Å². The van der Waals surface area contributed by atoms with E-state index in [0.29, 0.717) is 12.8 Å². The number of amides is 2. The van der Waals surface area contributed by atoms with Crippen molar-refractivity contribution >= 4 is 21.6 Å². The number of nitrogens with one attached hydrogen (secondary N) is 2. The molecule has 1 aliphatic rings. The van der Waals surface area contributed by atoms with Crippen LogP contribution in [0.5, 0.6) is 0 Å². The first-order valence-corrected chi connectivity index (χ1v) is 9.67. The summed E-state index contributed by atoms with van der Waals surface area (Å²) in [6.07, 6.45) is 5.12. The molecule has 2 amide bonds. The number of aliphatic hydroxyl groups is 1. The van der Waals surface area contributed by atoms with Crippen molar-refractivity contribution in [1.29, 1.82) is 0 Å². The van der Waals surface area contributed by atoms with E-state index in [9.17, 15) is 27.1 Å². The van der Waals surface area contributed by atoms with E-state index in [1.54, 1.807) is 0 Å². The van der Waals surface area contributed by atoms with Gasteiger partial charge in [0.05, 0.1) is 10.5 Å². The van der Waals surface area contributed by atoms with Crippen LogP contribution in [0.3, 0.4) is 0 Å². The number of hydrogen-bond donors (Lipinski definition) is 3. The van der Waals surface area contributed by atoms with Crippen LogP contribution in [-0.2, 0) is 9.84 Å². The number of urea groups is 1. The van der Waals surface area contributed by atoms with Crippen molar-refractivity contribution in [2.75, 3.05) is 11.9 Å². The highest BCUT2D eigenvalue weighted by atomic mass is 32.2. The van der Waals surface area contributed by atoms with Crippen LogP contribution in [0.25, 0.3) is 0 Å². The molecule has 1 fully saturated rings. The first-order chi connectivity index (χ1) is 11.7. The summed E-state index contributed by atoms with van der Waals surface area (Å²) in [4.78, 5) is 11.4. The third-order valence-electron chi connectivity index (χ3n) is 4.27. The Morgan fingerprint density at radius 3 is 2.44 bits per heavy atom. The maximum atomic E-state index is 12.6. The molecule has 1 aliphatic carbocycles. The zero-order valence-electron chi connectivity index (χ0n) is 13.7. The number of carbonyl (C=O) groups excluding carboxylic acids is 1. The second kappa shape index (κ2) is 8.09. The lowest BCUT2D eigenvalue weighted by atomic mass is 9.95. The summed E-state index contributed by atoms with van der Waals surface area (Å²) >= 11 is 0. The Morgan fingerprint density at radius 1 is 1.20 bits per heavy atom. The van der Waals surface area contributed by atoms with Crippen molar-refractivity contribution in [2.45, 2.75) is 54.8 Å². The summed E-state index contributed by atoms with van der Waals surface area (Å²) in [5.74, 6) is -3.53. The molecule has 1 aromatic rings. The molecule has 2 rings (SSSR count). The molecule has 0 unspecified atom stereocenters. The molecule has 1 saturated carbocycles. The van der Waals surface area contributed by atoms with Gasteiger partial charge in [0.1, 0.15) is 0 Å². The van der Waals surface area contributed by atoms with E-state index in [1.165, 1.54) is 12.1 Å². The first kappa shape index (κ1) is 19.6. The molecule has 25 heavy (non-hydrogen) atoms. The molecule has 0 spiro atoms. The first-order valence-electron chi connectivity index (χ1n) is 8.12. The van der Waals surface area contributed by atoms with Gasteiger partial charge < -0.3 is 15.7 Å². The number of sulfone groups is 1. The van der Waals surface area contributed by atoms with Crippen LogP contribution in [0, 0.1) is 0 Å². The Balaban J connectivity index is 1.97. The Kier molecular flexibility index (Phi) is 6.34. The van der Waals surface area contributed by atoms with Gasteiger partial charge in [-0.15, -0.1) is 0 Å². The van der Waals surface area contributed by atoms with E-state index in [-0.39, 0.29) is 12.2 Å². The van der Waals surface area contributed by atoms with Crippen molar-refractivity contribution in [1.82, 2.24) is 5.32 Å². The second-order valence-corrected chi connectivity index (χ2v) is 8.20. The fourth-order valence-corrected chi connectivity index (χ4v) is 3.60. The Bertz CT molecular complexity index is 702. The molecular formula is C16H22F2N2O4S. The molecule has 140 valence electrons. The molecule has 3 N–H and O–H groups in total. The number of anilines is 1. The smallest absolute Gasteiger partial charge is 0.341 e.